The molecule has 1 aromatic rings. The van der Waals surface area contributed by atoms with Crippen LogP contribution in [0.5, 0.6) is 11.5 Å². The third-order valence-electron chi connectivity index (χ3n) is 3.48. The van der Waals surface area contributed by atoms with Crippen LogP contribution in [0.1, 0.15) is 17.4 Å². The predicted octanol–water partition coefficient (Wildman–Crippen LogP) is 2.56. The number of methoxy groups -OCH3 is 2. The molecule has 0 saturated carbocycles. The van der Waals surface area contributed by atoms with Gasteiger partial charge in [0.2, 0.25) is 0 Å². The molecule has 1 heterocycles. The number of hydrogen-bond acceptors (Lipinski definition) is 4. The maximum absolute atomic E-state index is 14.1. The maximum Gasteiger partial charge on any atom is 0.163 e. The lowest BCUT2D eigenvalue weighted by Gasteiger charge is -2.18. The van der Waals surface area contributed by atoms with Crippen molar-refractivity contribution in [1.29, 1.82) is 0 Å². The van der Waals surface area contributed by atoms with E-state index < -0.39 is 21.0 Å². The van der Waals surface area contributed by atoms with Crippen molar-refractivity contribution in [2.45, 2.75) is 11.8 Å². The summed E-state index contributed by atoms with van der Waals surface area (Å²) < 4.78 is 47.2. The van der Waals surface area contributed by atoms with Gasteiger partial charge in [-0.25, -0.2) is 12.8 Å². The summed E-state index contributed by atoms with van der Waals surface area (Å²) in [5.74, 6) is -0.0571. The van der Waals surface area contributed by atoms with Gasteiger partial charge in [-0.2, -0.15) is 0 Å². The normalized spacial score (nSPS) is 22.5. The van der Waals surface area contributed by atoms with Crippen molar-refractivity contribution in [1.82, 2.24) is 0 Å². The van der Waals surface area contributed by atoms with Gasteiger partial charge in [-0.05, 0) is 18.4 Å². The fourth-order valence-corrected chi connectivity index (χ4v) is 4.72. The highest BCUT2D eigenvalue weighted by Crippen LogP contribution is 2.41. The third kappa shape index (κ3) is 3.01. The van der Waals surface area contributed by atoms with Gasteiger partial charge in [-0.1, -0.05) is 0 Å². The second kappa shape index (κ2) is 5.77. The van der Waals surface area contributed by atoms with Gasteiger partial charge in [-0.3, -0.25) is 0 Å². The smallest absolute Gasteiger partial charge is 0.163 e. The number of alkyl halides is 1. The minimum absolute atomic E-state index is 0.00501. The molecule has 0 aromatic heterocycles. The highest BCUT2D eigenvalue weighted by atomic mass is 35.5. The second-order valence-corrected chi connectivity index (χ2v) is 7.49. The zero-order chi connectivity index (χ0) is 14.9. The number of hydrogen-bond donors (Lipinski definition) is 0. The molecule has 0 bridgehead atoms. The maximum atomic E-state index is 14.1. The van der Waals surface area contributed by atoms with Crippen LogP contribution >= 0.6 is 11.6 Å². The zero-order valence-electron chi connectivity index (χ0n) is 11.2. The van der Waals surface area contributed by atoms with Gasteiger partial charge >= 0.3 is 0 Å². The van der Waals surface area contributed by atoms with E-state index in [4.69, 9.17) is 21.1 Å². The van der Waals surface area contributed by atoms with E-state index in [0.29, 0.717) is 12.2 Å². The van der Waals surface area contributed by atoms with E-state index in [2.05, 4.69) is 0 Å². The predicted molar refractivity (Wildman–Crippen MR) is 74.9 cm³/mol. The van der Waals surface area contributed by atoms with Gasteiger partial charge in [0.05, 0.1) is 31.1 Å². The van der Waals surface area contributed by atoms with E-state index >= 15 is 0 Å². The standard InChI is InChI=1S/C13H16ClFO4S/c1-18-11-5-9(10(15)6-12(11)19-2)13(14)8-3-4-20(16,17)7-8/h5-6,8,13H,3-4,7H2,1-2H3. The average molecular weight is 323 g/mol. The van der Waals surface area contributed by atoms with Crippen LogP contribution in [0, 0.1) is 11.7 Å². The fraction of sp³-hybridized carbons (Fsp3) is 0.538. The molecule has 0 radical (unpaired) electrons. The van der Waals surface area contributed by atoms with Crippen molar-refractivity contribution in [3.63, 3.8) is 0 Å². The molecule has 0 spiro atoms. The summed E-state index contributed by atoms with van der Waals surface area (Å²) in [4.78, 5) is 0. The highest BCUT2D eigenvalue weighted by Gasteiger charge is 2.35. The van der Waals surface area contributed by atoms with Crippen molar-refractivity contribution in [2.75, 3.05) is 25.7 Å². The number of halogens is 2. The van der Waals surface area contributed by atoms with Gasteiger partial charge in [0.15, 0.2) is 21.3 Å². The molecule has 1 aliphatic rings. The van der Waals surface area contributed by atoms with Gasteiger partial charge in [0.25, 0.3) is 0 Å². The van der Waals surface area contributed by atoms with Crippen molar-refractivity contribution in [3.05, 3.63) is 23.5 Å². The molecule has 2 rings (SSSR count). The first-order valence-corrected chi connectivity index (χ1v) is 8.39. The summed E-state index contributed by atoms with van der Waals surface area (Å²) in [6.07, 6.45) is 0.449. The lowest BCUT2D eigenvalue weighted by Crippen LogP contribution is -2.12. The van der Waals surface area contributed by atoms with Crippen molar-refractivity contribution in [3.8, 4) is 11.5 Å². The van der Waals surface area contributed by atoms with Crippen molar-refractivity contribution < 1.29 is 22.3 Å². The average Bonchev–Trinajstić information content (AvgIpc) is 2.78. The zero-order valence-corrected chi connectivity index (χ0v) is 12.8. The van der Waals surface area contributed by atoms with Crippen LogP contribution in [0.2, 0.25) is 0 Å². The van der Waals surface area contributed by atoms with E-state index in [1.54, 1.807) is 0 Å². The molecular formula is C13H16ClFO4S. The Hall–Kier alpha value is -1.01. The summed E-state index contributed by atoms with van der Waals surface area (Å²) >= 11 is 6.27. The first-order valence-electron chi connectivity index (χ1n) is 6.14. The molecule has 1 saturated heterocycles. The van der Waals surface area contributed by atoms with Gasteiger partial charge in [-0.15, -0.1) is 11.6 Å². The monoisotopic (exact) mass is 322 g/mol. The Labute approximate surface area is 122 Å². The minimum atomic E-state index is -3.05. The molecule has 112 valence electrons. The molecule has 0 N–H and O–H groups in total. The fourth-order valence-electron chi connectivity index (χ4n) is 2.39. The van der Waals surface area contributed by atoms with Crippen LogP contribution in [0.25, 0.3) is 0 Å². The number of sulfone groups is 1. The molecule has 0 amide bonds. The highest BCUT2D eigenvalue weighted by molar-refractivity contribution is 7.91. The van der Waals surface area contributed by atoms with Crippen LogP contribution in [0.4, 0.5) is 4.39 Å². The van der Waals surface area contributed by atoms with Crippen LogP contribution in [0.3, 0.4) is 0 Å². The molecule has 20 heavy (non-hydrogen) atoms. The second-order valence-electron chi connectivity index (χ2n) is 4.79. The molecule has 2 atom stereocenters. The number of ether oxygens (including phenoxy) is 2. The van der Waals surface area contributed by atoms with E-state index in [1.165, 1.54) is 26.4 Å². The third-order valence-corrected chi connectivity index (χ3v) is 5.87. The van der Waals surface area contributed by atoms with E-state index in [1.807, 2.05) is 0 Å². The molecule has 7 heteroatoms. The molecule has 1 fully saturated rings. The lowest BCUT2D eigenvalue weighted by molar-refractivity contribution is 0.351. The largest absolute Gasteiger partial charge is 0.493 e. The van der Waals surface area contributed by atoms with Gasteiger partial charge < -0.3 is 9.47 Å². The minimum Gasteiger partial charge on any atom is -0.493 e. The Morgan fingerprint density at radius 3 is 2.40 bits per heavy atom. The molecular weight excluding hydrogens is 307 g/mol. The Morgan fingerprint density at radius 1 is 1.30 bits per heavy atom. The topological polar surface area (TPSA) is 52.6 Å². The van der Waals surface area contributed by atoms with Crippen molar-refractivity contribution in [2.24, 2.45) is 5.92 Å². The summed E-state index contributed by atoms with van der Waals surface area (Å²) in [6, 6.07) is 2.67. The van der Waals surface area contributed by atoms with Crippen LogP contribution in [0.15, 0.2) is 12.1 Å². The van der Waals surface area contributed by atoms with Crippen molar-refractivity contribution >= 4 is 21.4 Å². The van der Waals surface area contributed by atoms with Gasteiger partial charge in [0, 0.05) is 11.6 Å². The van der Waals surface area contributed by atoms with Crippen LogP contribution in [-0.4, -0.2) is 34.1 Å². The first-order chi connectivity index (χ1) is 9.38. The quantitative estimate of drug-likeness (QED) is 0.799. The van der Waals surface area contributed by atoms with E-state index in [-0.39, 0.29) is 28.7 Å². The van der Waals surface area contributed by atoms with Crippen LogP contribution in [-0.2, 0) is 9.84 Å². The first kappa shape index (κ1) is 15.4. The Morgan fingerprint density at radius 2 is 1.90 bits per heavy atom. The molecule has 4 nitrogen and oxygen atoms in total. The number of benzene rings is 1. The lowest BCUT2D eigenvalue weighted by atomic mass is 9.97. The molecule has 1 aromatic carbocycles. The summed E-state index contributed by atoms with van der Waals surface area (Å²) in [6.45, 7) is 0. The Bertz CT molecular complexity index is 603. The van der Waals surface area contributed by atoms with E-state index in [9.17, 15) is 12.8 Å². The number of rotatable bonds is 4. The summed E-state index contributed by atoms with van der Waals surface area (Å²) in [7, 11) is -0.190. The molecule has 1 aliphatic heterocycles. The van der Waals surface area contributed by atoms with Crippen LogP contribution < -0.4 is 9.47 Å². The SMILES string of the molecule is COc1cc(F)c(C(Cl)C2CCS(=O)(=O)C2)cc1OC. The van der Waals surface area contributed by atoms with Gasteiger partial charge in [0.1, 0.15) is 5.82 Å². The Balaban J connectivity index is 2.33. The van der Waals surface area contributed by atoms with E-state index in [0.717, 1.165) is 0 Å². The summed E-state index contributed by atoms with van der Waals surface area (Å²) in [5, 5.41) is -0.702. The summed E-state index contributed by atoms with van der Waals surface area (Å²) in [5.41, 5.74) is 0.242. The molecule has 0 aliphatic carbocycles. The molecule has 2 unspecified atom stereocenters. The Kier molecular flexibility index (Phi) is 4.44.